The lowest BCUT2D eigenvalue weighted by molar-refractivity contribution is -0.149. The fourth-order valence-corrected chi connectivity index (χ4v) is 2.42. The van der Waals surface area contributed by atoms with Gasteiger partial charge in [0.2, 0.25) is 0 Å². The summed E-state index contributed by atoms with van der Waals surface area (Å²) in [6.45, 7) is 4.22. The standard InChI is InChI=1S/C17H23NO6/c1-11-3-4-13(7-12(11)2)23-9-16(19)18-14-5-6-22-8-15(14)24-10-17(20)21/h3-4,7,14-15H,5-6,8-10H2,1-2H3,(H,18,19)(H,20,21)/t14-,15-/m1/s1. The second-order valence-electron chi connectivity index (χ2n) is 5.82. The SMILES string of the molecule is Cc1ccc(OCC(=O)N[C@@H]2CCOC[C@H]2OCC(=O)O)cc1C. The first-order chi connectivity index (χ1) is 11.5. The summed E-state index contributed by atoms with van der Waals surface area (Å²) < 4.78 is 16.0. The van der Waals surface area contributed by atoms with Gasteiger partial charge in [-0.15, -0.1) is 0 Å². The summed E-state index contributed by atoms with van der Waals surface area (Å²) in [7, 11) is 0. The van der Waals surface area contributed by atoms with E-state index < -0.39 is 18.7 Å². The number of carbonyl (C=O) groups is 2. The second kappa shape index (κ2) is 8.65. The number of aryl methyl sites for hydroxylation is 2. The van der Waals surface area contributed by atoms with Crippen LogP contribution in [0.15, 0.2) is 18.2 Å². The number of hydrogen-bond acceptors (Lipinski definition) is 5. The van der Waals surface area contributed by atoms with E-state index in [2.05, 4.69) is 5.32 Å². The van der Waals surface area contributed by atoms with Crippen LogP contribution in [0, 0.1) is 13.8 Å². The Kier molecular flexibility index (Phi) is 6.57. The van der Waals surface area contributed by atoms with Crippen LogP contribution in [-0.2, 0) is 19.1 Å². The Bertz CT molecular complexity index is 588. The lowest BCUT2D eigenvalue weighted by Crippen LogP contribution is -2.51. The molecule has 1 aromatic carbocycles. The zero-order valence-electron chi connectivity index (χ0n) is 13.9. The Morgan fingerprint density at radius 3 is 2.79 bits per heavy atom. The fourth-order valence-electron chi connectivity index (χ4n) is 2.42. The molecule has 2 atom stereocenters. The maximum atomic E-state index is 12.1. The quantitative estimate of drug-likeness (QED) is 0.773. The highest BCUT2D eigenvalue weighted by Crippen LogP contribution is 2.16. The average molecular weight is 337 g/mol. The van der Waals surface area contributed by atoms with E-state index in [0.717, 1.165) is 11.1 Å². The zero-order chi connectivity index (χ0) is 17.5. The first-order valence-corrected chi connectivity index (χ1v) is 7.86. The average Bonchev–Trinajstić information content (AvgIpc) is 2.55. The summed E-state index contributed by atoms with van der Waals surface area (Å²) in [4.78, 5) is 22.7. The van der Waals surface area contributed by atoms with Gasteiger partial charge >= 0.3 is 5.97 Å². The van der Waals surface area contributed by atoms with Crippen LogP contribution in [0.1, 0.15) is 17.5 Å². The summed E-state index contributed by atoms with van der Waals surface area (Å²) >= 11 is 0. The van der Waals surface area contributed by atoms with Crippen molar-refractivity contribution in [3.63, 3.8) is 0 Å². The largest absolute Gasteiger partial charge is 0.484 e. The molecule has 0 unspecified atom stereocenters. The Labute approximate surface area is 140 Å². The van der Waals surface area contributed by atoms with Crippen LogP contribution in [0.3, 0.4) is 0 Å². The van der Waals surface area contributed by atoms with Gasteiger partial charge in [0.25, 0.3) is 5.91 Å². The molecule has 1 amide bonds. The first kappa shape index (κ1) is 18.2. The molecule has 2 rings (SSSR count). The van der Waals surface area contributed by atoms with Crippen LogP contribution in [0.2, 0.25) is 0 Å². The van der Waals surface area contributed by atoms with Crippen LogP contribution in [-0.4, -0.2) is 55.6 Å². The van der Waals surface area contributed by atoms with Gasteiger partial charge in [0.05, 0.1) is 12.6 Å². The van der Waals surface area contributed by atoms with Crippen molar-refractivity contribution in [1.29, 1.82) is 0 Å². The molecule has 1 saturated heterocycles. The molecule has 132 valence electrons. The molecule has 1 aromatic rings. The first-order valence-electron chi connectivity index (χ1n) is 7.86. The van der Waals surface area contributed by atoms with Gasteiger partial charge in [-0.25, -0.2) is 4.79 Å². The summed E-state index contributed by atoms with van der Waals surface area (Å²) in [6.07, 6.45) is 0.0973. The van der Waals surface area contributed by atoms with E-state index in [-0.39, 0.29) is 25.2 Å². The Balaban J connectivity index is 1.82. The third-order valence-corrected chi connectivity index (χ3v) is 3.92. The monoisotopic (exact) mass is 337 g/mol. The highest BCUT2D eigenvalue weighted by molar-refractivity contribution is 5.78. The van der Waals surface area contributed by atoms with Gasteiger partial charge in [-0.2, -0.15) is 0 Å². The van der Waals surface area contributed by atoms with Gasteiger partial charge in [-0.05, 0) is 43.5 Å². The third-order valence-electron chi connectivity index (χ3n) is 3.92. The van der Waals surface area contributed by atoms with Crippen molar-refractivity contribution in [2.24, 2.45) is 0 Å². The lowest BCUT2D eigenvalue weighted by Gasteiger charge is -2.31. The van der Waals surface area contributed by atoms with Gasteiger partial charge < -0.3 is 24.6 Å². The van der Waals surface area contributed by atoms with Crippen LogP contribution >= 0.6 is 0 Å². The minimum absolute atomic E-state index is 0.106. The third kappa shape index (κ3) is 5.50. The van der Waals surface area contributed by atoms with E-state index in [0.29, 0.717) is 18.8 Å². The highest BCUT2D eigenvalue weighted by atomic mass is 16.5. The van der Waals surface area contributed by atoms with Gasteiger partial charge in [-0.3, -0.25) is 4.79 Å². The molecule has 1 heterocycles. The Morgan fingerprint density at radius 2 is 2.08 bits per heavy atom. The number of carbonyl (C=O) groups excluding carboxylic acids is 1. The number of aliphatic carboxylic acids is 1. The van der Waals surface area contributed by atoms with Gasteiger partial charge in [0, 0.05) is 6.61 Å². The number of carboxylic acids is 1. The van der Waals surface area contributed by atoms with Crippen molar-refractivity contribution in [2.75, 3.05) is 26.4 Å². The number of amides is 1. The molecule has 7 nitrogen and oxygen atoms in total. The van der Waals surface area contributed by atoms with Crippen molar-refractivity contribution in [2.45, 2.75) is 32.4 Å². The summed E-state index contributed by atoms with van der Waals surface area (Å²) in [6, 6.07) is 5.36. The molecule has 0 radical (unpaired) electrons. The zero-order valence-corrected chi connectivity index (χ0v) is 13.9. The molecule has 24 heavy (non-hydrogen) atoms. The van der Waals surface area contributed by atoms with Crippen LogP contribution in [0.4, 0.5) is 0 Å². The second-order valence-corrected chi connectivity index (χ2v) is 5.82. The molecule has 1 aliphatic rings. The van der Waals surface area contributed by atoms with E-state index in [9.17, 15) is 9.59 Å². The summed E-state index contributed by atoms with van der Waals surface area (Å²) in [5, 5.41) is 11.5. The smallest absolute Gasteiger partial charge is 0.329 e. The van der Waals surface area contributed by atoms with E-state index in [4.69, 9.17) is 19.3 Å². The molecule has 1 fully saturated rings. The van der Waals surface area contributed by atoms with Gasteiger partial charge in [0.1, 0.15) is 18.5 Å². The summed E-state index contributed by atoms with van der Waals surface area (Å²) in [5.74, 6) is -0.688. The molecule has 0 spiro atoms. The number of hydrogen-bond donors (Lipinski definition) is 2. The molecule has 1 aliphatic heterocycles. The van der Waals surface area contributed by atoms with E-state index in [1.54, 1.807) is 0 Å². The highest BCUT2D eigenvalue weighted by Gasteiger charge is 2.28. The van der Waals surface area contributed by atoms with Crippen molar-refractivity contribution in [1.82, 2.24) is 5.32 Å². The molecule has 0 aromatic heterocycles. The minimum atomic E-state index is -1.05. The van der Waals surface area contributed by atoms with Crippen LogP contribution < -0.4 is 10.1 Å². The van der Waals surface area contributed by atoms with Crippen molar-refractivity contribution < 1.29 is 28.9 Å². The lowest BCUT2D eigenvalue weighted by atomic mass is 10.1. The molecule has 7 heteroatoms. The fraction of sp³-hybridized carbons (Fsp3) is 0.529. The normalized spacial score (nSPS) is 20.4. The van der Waals surface area contributed by atoms with Gasteiger partial charge in [0.15, 0.2) is 6.61 Å². The molecular weight excluding hydrogens is 314 g/mol. The minimum Gasteiger partial charge on any atom is -0.484 e. The van der Waals surface area contributed by atoms with E-state index in [1.807, 2.05) is 32.0 Å². The topological polar surface area (TPSA) is 94.1 Å². The maximum Gasteiger partial charge on any atom is 0.329 e. The Hall–Kier alpha value is -2.12. The van der Waals surface area contributed by atoms with E-state index in [1.165, 1.54) is 0 Å². The molecule has 0 saturated carbocycles. The van der Waals surface area contributed by atoms with Crippen molar-refractivity contribution in [3.05, 3.63) is 29.3 Å². The predicted molar refractivity (Wildman–Crippen MR) is 86.2 cm³/mol. The number of benzene rings is 1. The summed E-state index contributed by atoms with van der Waals surface area (Å²) in [5.41, 5.74) is 2.26. The molecular formula is C17H23NO6. The number of rotatable bonds is 7. The maximum absolute atomic E-state index is 12.1. The van der Waals surface area contributed by atoms with Crippen molar-refractivity contribution >= 4 is 11.9 Å². The predicted octanol–water partition coefficient (Wildman–Crippen LogP) is 1.06. The Morgan fingerprint density at radius 1 is 1.29 bits per heavy atom. The number of nitrogens with one attached hydrogen (secondary N) is 1. The van der Waals surface area contributed by atoms with Crippen LogP contribution in [0.25, 0.3) is 0 Å². The van der Waals surface area contributed by atoms with Crippen LogP contribution in [0.5, 0.6) is 5.75 Å². The van der Waals surface area contributed by atoms with E-state index >= 15 is 0 Å². The molecule has 2 N–H and O–H groups in total. The van der Waals surface area contributed by atoms with Gasteiger partial charge in [-0.1, -0.05) is 6.07 Å². The molecule has 0 aliphatic carbocycles. The number of carboxylic acid groups (broad SMARTS) is 1. The van der Waals surface area contributed by atoms with Crippen molar-refractivity contribution in [3.8, 4) is 5.75 Å². The molecule has 0 bridgehead atoms. The number of ether oxygens (including phenoxy) is 3.